The molecule has 0 aliphatic carbocycles. The Bertz CT molecular complexity index is 682. The first-order valence-electron chi connectivity index (χ1n) is 6.03. The number of hydrogen-bond acceptors (Lipinski definition) is 6. The van der Waals surface area contributed by atoms with Crippen LogP contribution in [0.2, 0.25) is 0 Å². The van der Waals surface area contributed by atoms with E-state index in [-0.39, 0.29) is 12.3 Å². The Morgan fingerprint density at radius 2 is 2.10 bits per heavy atom. The molecule has 0 fully saturated rings. The molecule has 0 radical (unpaired) electrons. The van der Waals surface area contributed by atoms with Gasteiger partial charge in [-0.15, -0.1) is 0 Å². The molecule has 0 saturated heterocycles. The third-order valence-corrected chi connectivity index (χ3v) is 3.90. The quantitative estimate of drug-likeness (QED) is 0.801. The van der Waals surface area contributed by atoms with Crippen LogP contribution in [0.4, 0.5) is 0 Å². The zero-order chi connectivity index (χ0) is 14.6. The Kier molecular flexibility index (Phi) is 4.48. The average molecular weight is 296 g/mol. The molecule has 0 saturated carbocycles. The predicted octanol–water partition coefficient (Wildman–Crippen LogP) is 0.456. The van der Waals surface area contributed by atoms with Crippen molar-refractivity contribution < 1.29 is 12.9 Å². The van der Waals surface area contributed by atoms with Crippen LogP contribution in [-0.4, -0.2) is 18.6 Å². The van der Waals surface area contributed by atoms with Crippen LogP contribution >= 0.6 is 0 Å². The van der Waals surface area contributed by atoms with Crippen LogP contribution < -0.4 is 10.5 Å². The van der Waals surface area contributed by atoms with Crippen molar-refractivity contribution in [2.75, 3.05) is 0 Å². The zero-order valence-electron chi connectivity index (χ0n) is 11.0. The van der Waals surface area contributed by atoms with Gasteiger partial charge in [-0.3, -0.25) is 0 Å². The lowest BCUT2D eigenvalue weighted by Crippen LogP contribution is -2.25. The van der Waals surface area contributed by atoms with Crippen LogP contribution in [-0.2, 0) is 28.9 Å². The number of nitrogens with zero attached hydrogens (tertiary/aromatic N) is 2. The molecule has 0 atom stereocenters. The Labute approximate surface area is 117 Å². The number of sulfonamides is 1. The van der Waals surface area contributed by atoms with Crippen molar-refractivity contribution in [1.29, 1.82) is 0 Å². The zero-order valence-corrected chi connectivity index (χ0v) is 11.9. The maximum Gasteiger partial charge on any atom is 0.223 e. The summed E-state index contributed by atoms with van der Waals surface area (Å²) in [6.07, 6.45) is 0. The van der Waals surface area contributed by atoms with Crippen molar-refractivity contribution in [3.8, 4) is 0 Å². The molecule has 0 aliphatic heterocycles. The van der Waals surface area contributed by atoms with Crippen molar-refractivity contribution >= 4 is 10.0 Å². The molecule has 0 bridgehead atoms. The van der Waals surface area contributed by atoms with E-state index in [2.05, 4.69) is 14.9 Å². The van der Waals surface area contributed by atoms with Crippen molar-refractivity contribution in [2.24, 2.45) is 5.73 Å². The number of aryl methyl sites for hydroxylation is 1. The predicted molar refractivity (Wildman–Crippen MR) is 72.8 cm³/mol. The molecule has 0 aliphatic rings. The van der Waals surface area contributed by atoms with E-state index in [1.165, 1.54) is 0 Å². The maximum atomic E-state index is 12.0. The van der Waals surface area contributed by atoms with Crippen molar-refractivity contribution in [3.63, 3.8) is 0 Å². The largest absolute Gasteiger partial charge is 0.340 e. The molecule has 2 rings (SSSR count). The first-order chi connectivity index (χ1) is 9.48. The molecule has 0 amide bonds. The van der Waals surface area contributed by atoms with Gasteiger partial charge in [0, 0.05) is 13.5 Å². The Morgan fingerprint density at radius 3 is 2.75 bits per heavy atom. The Hall–Kier alpha value is -1.77. The lowest BCUT2D eigenvalue weighted by atomic mass is 10.1. The minimum atomic E-state index is -3.46. The summed E-state index contributed by atoms with van der Waals surface area (Å²) in [6, 6.07) is 7.16. The Balaban J connectivity index is 1.99. The first kappa shape index (κ1) is 14.6. The molecule has 0 unspecified atom stereocenters. The van der Waals surface area contributed by atoms with Crippen LogP contribution in [0.1, 0.15) is 22.8 Å². The number of benzene rings is 1. The molecular weight excluding hydrogens is 280 g/mol. The van der Waals surface area contributed by atoms with E-state index in [9.17, 15) is 8.42 Å². The van der Waals surface area contributed by atoms with Gasteiger partial charge in [-0.2, -0.15) is 4.98 Å². The number of aromatic nitrogens is 2. The second-order valence-electron chi connectivity index (χ2n) is 4.33. The van der Waals surface area contributed by atoms with Gasteiger partial charge in [0.1, 0.15) is 0 Å². The van der Waals surface area contributed by atoms with Gasteiger partial charge < -0.3 is 10.3 Å². The van der Waals surface area contributed by atoms with Gasteiger partial charge in [-0.05, 0) is 11.1 Å². The van der Waals surface area contributed by atoms with Gasteiger partial charge in [-0.1, -0.05) is 29.4 Å². The fourth-order valence-corrected chi connectivity index (χ4v) is 2.77. The molecule has 1 heterocycles. The number of hydrogen-bond donors (Lipinski definition) is 2. The van der Waals surface area contributed by atoms with Gasteiger partial charge in [0.05, 0.1) is 12.3 Å². The topological polar surface area (TPSA) is 111 Å². The molecule has 7 nitrogen and oxygen atoms in total. The van der Waals surface area contributed by atoms with E-state index < -0.39 is 10.0 Å². The Morgan fingerprint density at radius 1 is 1.35 bits per heavy atom. The fraction of sp³-hybridized carbons (Fsp3) is 0.333. The summed E-state index contributed by atoms with van der Waals surface area (Å²) in [4.78, 5) is 3.93. The highest BCUT2D eigenvalue weighted by Gasteiger charge is 2.13. The van der Waals surface area contributed by atoms with Gasteiger partial charge in [-0.25, -0.2) is 13.1 Å². The lowest BCUT2D eigenvalue weighted by molar-refractivity contribution is 0.387. The second-order valence-corrected chi connectivity index (χ2v) is 6.14. The van der Waals surface area contributed by atoms with Gasteiger partial charge in [0.15, 0.2) is 5.82 Å². The molecular formula is C12H16N4O3S. The van der Waals surface area contributed by atoms with E-state index in [1.807, 2.05) is 6.07 Å². The highest BCUT2D eigenvalue weighted by Crippen LogP contribution is 2.08. The van der Waals surface area contributed by atoms with Crippen LogP contribution in [0, 0.1) is 6.92 Å². The molecule has 0 spiro atoms. The van der Waals surface area contributed by atoms with Gasteiger partial charge >= 0.3 is 0 Å². The minimum Gasteiger partial charge on any atom is -0.340 e. The third-order valence-electron chi connectivity index (χ3n) is 2.60. The summed E-state index contributed by atoms with van der Waals surface area (Å²) in [7, 11) is -3.46. The minimum absolute atomic E-state index is 0.0102. The molecule has 1 aromatic heterocycles. The second kappa shape index (κ2) is 6.12. The summed E-state index contributed by atoms with van der Waals surface area (Å²) >= 11 is 0. The summed E-state index contributed by atoms with van der Waals surface area (Å²) < 4.78 is 31.1. The van der Waals surface area contributed by atoms with Crippen LogP contribution in [0.5, 0.6) is 0 Å². The highest BCUT2D eigenvalue weighted by molar-refractivity contribution is 7.88. The average Bonchev–Trinajstić information content (AvgIpc) is 2.82. The maximum absolute atomic E-state index is 12.0. The lowest BCUT2D eigenvalue weighted by Gasteiger charge is -2.06. The highest BCUT2D eigenvalue weighted by atomic mass is 32.2. The summed E-state index contributed by atoms with van der Waals surface area (Å²) in [5.74, 6) is 0.592. The van der Waals surface area contributed by atoms with E-state index in [4.69, 9.17) is 10.3 Å². The number of rotatable bonds is 6. The normalized spacial score (nSPS) is 11.7. The molecule has 108 valence electrons. The number of nitrogens with one attached hydrogen (secondary N) is 1. The molecule has 1 aromatic carbocycles. The fourth-order valence-electron chi connectivity index (χ4n) is 1.70. The van der Waals surface area contributed by atoms with E-state index in [0.29, 0.717) is 23.8 Å². The SMILES string of the molecule is Cc1nc(CNS(=O)(=O)Cc2cccc(CN)c2)no1. The van der Waals surface area contributed by atoms with Crippen LogP contribution in [0.3, 0.4) is 0 Å². The molecule has 8 heteroatoms. The van der Waals surface area contributed by atoms with Gasteiger partial charge in [0.25, 0.3) is 0 Å². The first-order valence-corrected chi connectivity index (χ1v) is 7.68. The summed E-state index contributed by atoms with van der Waals surface area (Å²) in [6.45, 7) is 2.03. The standard InChI is InChI=1S/C12H16N4O3S/c1-9-15-12(16-19-9)7-14-20(17,18)8-11-4-2-3-10(5-11)6-13/h2-5,14H,6-8,13H2,1H3. The smallest absolute Gasteiger partial charge is 0.223 e. The van der Waals surface area contributed by atoms with Crippen molar-refractivity contribution in [2.45, 2.75) is 25.8 Å². The molecule has 2 aromatic rings. The van der Waals surface area contributed by atoms with Crippen molar-refractivity contribution in [1.82, 2.24) is 14.9 Å². The molecule has 3 N–H and O–H groups in total. The van der Waals surface area contributed by atoms with E-state index in [0.717, 1.165) is 5.56 Å². The van der Waals surface area contributed by atoms with Gasteiger partial charge in [0.2, 0.25) is 15.9 Å². The number of nitrogens with two attached hydrogens (primary N) is 1. The van der Waals surface area contributed by atoms with E-state index >= 15 is 0 Å². The third kappa shape index (κ3) is 4.12. The van der Waals surface area contributed by atoms with E-state index in [1.54, 1.807) is 25.1 Å². The molecule has 20 heavy (non-hydrogen) atoms. The van der Waals surface area contributed by atoms with Crippen LogP contribution in [0.25, 0.3) is 0 Å². The summed E-state index contributed by atoms with van der Waals surface area (Å²) in [5, 5.41) is 3.62. The van der Waals surface area contributed by atoms with Crippen molar-refractivity contribution in [3.05, 3.63) is 47.1 Å². The van der Waals surface area contributed by atoms with Crippen LogP contribution in [0.15, 0.2) is 28.8 Å². The monoisotopic (exact) mass is 296 g/mol. The summed E-state index contributed by atoms with van der Waals surface area (Å²) in [5.41, 5.74) is 7.11.